The van der Waals surface area contributed by atoms with E-state index in [1.165, 1.54) is 0 Å². The van der Waals surface area contributed by atoms with E-state index >= 15 is 0 Å². The van der Waals surface area contributed by atoms with Crippen LogP contribution in [0.2, 0.25) is 0 Å². The van der Waals surface area contributed by atoms with Crippen molar-refractivity contribution in [2.45, 2.75) is 58.7 Å². The fourth-order valence-electron chi connectivity index (χ4n) is 2.53. The Balaban J connectivity index is 2.52. The number of nitrogens with zero attached hydrogens (tertiary/aromatic N) is 1. The molecule has 0 bridgehead atoms. The molecule has 1 aliphatic heterocycles. The highest BCUT2D eigenvalue weighted by Gasteiger charge is 2.38. The van der Waals surface area contributed by atoms with Gasteiger partial charge in [-0.2, -0.15) is 0 Å². The second-order valence-corrected chi connectivity index (χ2v) is 5.43. The van der Waals surface area contributed by atoms with Crippen molar-refractivity contribution in [3.8, 4) is 0 Å². The van der Waals surface area contributed by atoms with Gasteiger partial charge in [0.1, 0.15) is 0 Å². The van der Waals surface area contributed by atoms with Gasteiger partial charge >= 0.3 is 0 Å². The van der Waals surface area contributed by atoms with Gasteiger partial charge in [-0.3, -0.25) is 10.1 Å². The van der Waals surface area contributed by atoms with Crippen molar-refractivity contribution in [1.82, 2.24) is 10.2 Å². The summed E-state index contributed by atoms with van der Waals surface area (Å²) in [5, 5.41) is 3.48. The van der Waals surface area contributed by atoms with Crippen molar-refractivity contribution >= 4 is 5.91 Å². The summed E-state index contributed by atoms with van der Waals surface area (Å²) in [4.78, 5) is 14.3. The van der Waals surface area contributed by atoms with Crippen molar-refractivity contribution in [3.05, 3.63) is 0 Å². The minimum absolute atomic E-state index is 0.0322. The minimum atomic E-state index is 0.0322. The summed E-state index contributed by atoms with van der Waals surface area (Å²) in [7, 11) is 1.72. The molecule has 1 amide bonds. The number of hydrogen-bond donors (Lipinski definition) is 1. The van der Waals surface area contributed by atoms with Crippen LogP contribution >= 0.6 is 0 Å². The standard InChI is InChI=1S/C14H28N2O2/c1-5-8-12-14(17)16(9-6-7-10-18-4)13(15-12)11(2)3/h11-13,15H,5-10H2,1-4H3. The first-order valence-electron chi connectivity index (χ1n) is 7.17. The number of nitrogens with one attached hydrogen (secondary N) is 1. The number of ether oxygens (including phenoxy) is 1. The van der Waals surface area contributed by atoms with E-state index in [-0.39, 0.29) is 18.1 Å². The number of rotatable bonds is 8. The second-order valence-electron chi connectivity index (χ2n) is 5.43. The Labute approximate surface area is 111 Å². The number of carbonyl (C=O) groups excluding carboxylic acids is 1. The maximum absolute atomic E-state index is 12.3. The number of amides is 1. The third-order valence-corrected chi connectivity index (χ3v) is 3.50. The Bertz CT molecular complexity index is 256. The van der Waals surface area contributed by atoms with E-state index < -0.39 is 0 Å². The molecule has 106 valence electrons. The largest absolute Gasteiger partial charge is 0.385 e. The summed E-state index contributed by atoms with van der Waals surface area (Å²) < 4.78 is 5.05. The van der Waals surface area contributed by atoms with Gasteiger partial charge in [-0.1, -0.05) is 27.2 Å². The van der Waals surface area contributed by atoms with Gasteiger partial charge in [0.2, 0.25) is 5.91 Å². The number of methoxy groups -OCH3 is 1. The van der Waals surface area contributed by atoms with Gasteiger partial charge in [-0.05, 0) is 25.2 Å². The molecule has 4 nitrogen and oxygen atoms in total. The molecule has 0 aromatic rings. The van der Waals surface area contributed by atoms with Crippen molar-refractivity contribution in [2.24, 2.45) is 5.92 Å². The predicted octanol–water partition coefficient (Wildman–Crippen LogP) is 2.00. The van der Waals surface area contributed by atoms with Gasteiger partial charge in [0, 0.05) is 20.3 Å². The molecule has 0 aliphatic carbocycles. The maximum atomic E-state index is 12.3. The third-order valence-electron chi connectivity index (χ3n) is 3.50. The second kappa shape index (κ2) is 7.74. The maximum Gasteiger partial charge on any atom is 0.241 e. The van der Waals surface area contributed by atoms with Crippen LogP contribution in [-0.2, 0) is 9.53 Å². The number of carbonyl (C=O) groups is 1. The molecule has 1 saturated heterocycles. The van der Waals surface area contributed by atoms with Gasteiger partial charge < -0.3 is 9.64 Å². The summed E-state index contributed by atoms with van der Waals surface area (Å²) in [6.07, 6.45) is 4.23. The SMILES string of the molecule is CCCC1NC(C(C)C)N(CCCCOC)C1=O. The first kappa shape index (κ1) is 15.4. The highest BCUT2D eigenvalue weighted by atomic mass is 16.5. The zero-order chi connectivity index (χ0) is 13.5. The molecule has 0 aromatic carbocycles. The lowest BCUT2D eigenvalue weighted by Gasteiger charge is -2.27. The average molecular weight is 256 g/mol. The van der Waals surface area contributed by atoms with Crippen LogP contribution in [0, 0.1) is 5.92 Å². The van der Waals surface area contributed by atoms with Gasteiger partial charge in [0.05, 0.1) is 12.2 Å². The first-order valence-corrected chi connectivity index (χ1v) is 7.17. The van der Waals surface area contributed by atoms with E-state index in [4.69, 9.17) is 4.74 Å². The van der Waals surface area contributed by atoms with Crippen molar-refractivity contribution in [1.29, 1.82) is 0 Å². The fraction of sp³-hybridized carbons (Fsp3) is 0.929. The minimum Gasteiger partial charge on any atom is -0.385 e. The Kier molecular flexibility index (Phi) is 6.65. The van der Waals surface area contributed by atoms with Crippen LogP contribution in [0.3, 0.4) is 0 Å². The van der Waals surface area contributed by atoms with Crippen LogP contribution in [0.15, 0.2) is 0 Å². The van der Waals surface area contributed by atoms with Crippen molar-refractivity contribution in [2.75, 3.05) is 20.3 Å². The topological polar surface area (TPSA) is 41.6 Å². The molecule has 0 saturated carbocycles. The number of unbranched alkanes of at least 4 members (excludes halogenated alkanes) is 1. The molecule has 2 atom stereocenters. The van der Waals surface area contributed by atoms with E-state index in [0.717, 1.165) is 38.8 Å². The van der Waals surface area contributed by atoms with Crippen LogP contribution in [0.1, 0.15) is 46.5 Å². The van der Waals surface area contributed by atoms with E-state index in [0.29, 0.717) is 5.92 Å². The van der Waals surface area contributed by atoms with Gasteiger partial charge in [-0.25, -0.2) is 0 Å². The Hall–Kier alpha value is -0.610. The molecule has 1 rings (SSSR count). The summed E-state index contributed by atoms with van der Waals surface area (Å²) in [6, 6.07) is 0.0322. The van der Waals surface area contributed by atoms with Crippen LogP contribution in [-0.4, -0.2) is 43.3 Å². The third kappa shape index (κ3) is 3.95. The van der Waals surface area contributed by atoms with E-state index in [2.05, 4.69) is 26.1 Å². The van der Waals surface area contributed by atoms with Gasteiger partial charge in [0.15, 0.2) is 0 Å². The van der Waals surface area contributed by atoms with Crippen LogP contribution < -0.4 is 5.32 Å². The lowest BCUT2D eigenvalue weighted by molar-refractivity contribution is -0.130. The quantitative estimate of drug-likeness (QED) is 0.675. The van der Waals surface area contributed by atoms with E-state index in [1.807, 2.05) is 4.90 Å². The highest BCUT2D eigenvalue weighted by Crippen LogP contribution is 2.20. The Morgan fingerprint density at radius 1 is 1.39 bits per heavy atom. The molecule has 1 fully saturated rings. The zero-order valence-electron chi connectivity index (χ0n) is 12.2. The average Bonchev–Trinajstić information content (AvgIpc) is 2.64. The molecular formula is C14H28N2O2. The predicted molar refractivity (Wildman–Crippen MR) is 73.3 cm³/mol. The monoisotopic (exact) mass is 256 g/mol. The Morgan fingerprint density at radius 3 is 2.67 bits per heavy atom. The molecule has 18 heavy (non-hydrogen) atoms. The van der Waals surface area contributed by atoms with E-state index in [9.17, 15) is 4.79 Å². The molecule has 1 heterocycles. The van der Waals surface area contributed by atoms with Gasteiger partial charge in [-0.15, -0.1) is 0 Å². The van der Waals surface area contributed by atoms with Crippen molar-refractivity contribution in [3.63, 3.8) is 0 Å². The normalized spacial score (nSPS) is 24.3. The van der Waals surface area contributed by atoms with Crippen molar-refractivity contribution < 1.29 is 9.53 Å². The summed E-state index contributed by atoms with van der Waals surface area (Å²) in [5.74, 6) is 0.742. The molecule has 2 unspecified atom stereocenters. The lowest BCUT2D eigenvalue weighted by atomic mass is 10.1. The smallest absolute Gasteiger partial charge is 0.241 e. The van der Waals surface area contributed by atoms with Gasteiger partial charge in [0.25, 0.3) is 0 Å². The molecule has 0 aromatic heterocycles. The summed E-state index contributed by atoms with van der Waals surface area (Å²) in [5.41, 5.74) is 0. The van der Waals surface area contributed by atoms with Crippen LogP contribution in [0.4, 0.5) is 0 Å². The molecule has 0 spiro atoms. The van der Waals surface area contributed by atoms with Crippen LogP contribution in [0.5, 0.6) is 0 Å². The zero-order valence-corrected chi connectivity index (χ0v) is 12.2. The molecule has 0 radical (unpaired) electrons. The Morgan fingerprint density at radius 2 is 2.11 bits per heavy atom. The fourth-order valence-corrected chi connectivity index (χ4v) is 2.53. The molecule has 1 aliphatic rings. The lowest BCUT2D eigenvalue weighted by Crippen LogP contribution is -2.42. The molecule has 1 N–H and O–H groups in total. The highest BCUT2D eigenvalue weighted by molar-refractivity contribution is 5.84. The van der Waals surface area contributed by atoms with Crippen LogP contribution in [0.25, 0.3) is 0 Å². The molecule has 4 heteroatoms. The summed E-state index contributed by atoms with van der Waals surface area (Å²) >= 11 is 0. The first-order chi connectivity index (χ1) is 8.61. The number of hydrogen-bond acceptors (Lipinski definition) is 3. The summed E-state index contributed by atoms with van der Waals surface area (Å²) in [6.45, 7) is 8.09. The molecular weight excluding hydrogens is 228 g/mol. The van der Waals surface area contributed by atoms with E-state index in [1.54, 1.807) is 7.11 Å².